The average Bonchev–Trinajstić information content (AvgIpc) is 2.43. The molecule has 1 N–H and O–H groups in total. The van der Waals surface area contributed by atoms with Crippen molar-refractivity contribution in [2.45, 2.75) is 103 Å². The lowest BCUT2D eigenvalue weighted by molar-refractivity contribution is 0.126. The minimum Gasteiger partial charge on any atom is -0.417 e. The van der Waals surface area contributed by atoms with Crippen LogP contribution in [0, 0.1) is 5.92 Å². The number of rotatable bonds is 11. The van der Waals surface area contributed by atoms with Crippen LogP contribution in [0.5, 0.6) is 0 Å². The summed E-state index contributed by atoms with van der Waals surface area (Å²) in [6.45, 7) is 26.8. The van der Waals surface area contributed by atoms with Gasteiger partial charge in [-0.05, 0) is 41.2 Å². The molecule has 0 saturated carbocycles. The first-order chi connectivity index (χ1) is 11.2. The minimum atomic E-state index is -1.86. The summed E-state index contributed by atoms with van der Waals surface area (Å²) in [5, 5.41) is 10.0. The first-order valence-corrected chi connectivity index (χ1v) is 15.2. The smallest absolute Gasteiger partial charge is 0.200 e. The van der Waals surface area contributed by atoms with E-state index in [0.29, 0.717) is 23.2 Å². The second-order valence-corrected chi connectivity index (χ2v) is 20.3. The van der Waals surface area contributed by atoms with Crippen molar-refractivity contribution < 1.29 is 14.0 Å². The van der Waals surface area contributed by atoms with Gasteiger partial charge in [-0.2, -0.15) is 0 Å². The van der Waals surface area contributed by atoms with Gasteiger partial charge < -0.3 is 14.0 Å². The van der Waals surface area contributed by atoms with Crippen molar-refractivity contribution in [3.63, 3.8) is 0 Å². The highest BCUT2D eigenvalue weighted by molar-refractivity contribution is 6.77. The zero-order chi connectivity index (χ0) is 20.1. The summed E-state index contributed by atoms with van der Waals surface area (Å²) >= 11 is 0. The molecule has 0 saturated heterocycles. The predicted molar refractivity (Wildman–Crippen MR) is 115 cm³/mol. The van der Waals surface area contributed by atoms with E-state index in [0.717, 1.165) is 13.0 Å². The van der Waals surface area contributed by atoms with Gasteiger partial charge in [-0.25, -0.2) is 0 Å². The molecule has 0 aliphatic heterocycles. The van der Waals surface area contributed by atoms with E-state index in [1.807, 2.05) is 0 Å². The Hall–Kier alpha value is 0.314. The third-order valence-corrected chi connectivity index (χ3v) is 16.9. The second kappa shape index (κ2) is 10.0. The third kappa shape index (κ3) is 6.76. The Balaban J connectivity index is 4.78. The summed E-state index contributed by atoms with van der Waals surface area (Å²) in [5.41, 5.74) is 1.74. The fourth-order valence-electron chi connectivity index (χ4n) is 3.69. The van der Waals surface area contributed by atoms with Crippen LogP contribution in [0.2, 0.25) is 34.8 Å². The molecule has 152 valence electrons. The van der Waals surface area contributed by atoms with Crippen LogP contribution in [-0.2, 0) is 8.85 Å². The Morgan fingerprint density at radius 1 is 0.840 bits per heavy atom. The highest BCUT2D eigenvalue weighted by atomic mass is 28.4. The zero-order valence-corrected chi connectivity index (χ0v) is 20.9. The van der Waals surface area contributed by atoms with E-state index in [1.54, 1.807) is 0 Å². The molecular formula is C20H46O3Si2. The van der Waals surface area contributed by atoms with Crippen molar-refractivity contribution in [3.05, 3.63) is 0 Å². The summed E-state index contributed by atoms with van der Waals surface area (Å²) in [7, 11) is -3.57. The molecule has 0 aliphatic rings. The summed E-state index contributed by atoms with van der Waals surface area (Å²) < 4.78 is 12.9. The van der Waals surface area contributed by atoms with Gasteiger partial charge in [0.2, 0.25) is 0 Å². The maximum Gasteiger partial charge on any atom is 0.200 e. The maximum atomic E-state index is 9.82. The van der Waals surface area contributed by atoms with Crippen molar-refractivity contribution in [2.75, 3.05) is 19.8 Å². The van der Waals surface area contributed by atoms with Crippen LogP contribution < -0.4 is 0 Å². The summed E-state index contributed by atoms with van der Waals surface area (Å²) in [6, 6.07) is 0. The molecule has 0 aromatic carbocycles. The summed E-state index contributed by atoms with van der Waals surface area (Å²) in [4.78, 5) is 0. The molecular weight excluding hydrogens is 344 g/mol. The molecule has 0 aromatic rings. The van der Waals surface area contributed by atoms with E-state index >= 15 is 0 Å². The summed E-state index contributed by atoms with van der Waals surface area (Å²) in [6.07, 6.45) is 0.877. The van der Waals surface area contributed by atoms with Gasteiger partial charge in [0.05, 0.1) is 0 Å². The van der Waals surface area contributed by atoms with Gasteiger partial charge in [0.25, 0.3) is 0 Å². The number of hydrogen-bond donors (Lipinski definition) is 1. The molecule has 0 aromatic heterocycles. The fraction of sp³-hybridized carbons (Fsp3) is 1.00. The summed E-state index contributed by atoms with van der Waals surface area (Å²) in [5.74, 6) is 0.174. The Kier molecular flexibility index (Phi) is 10.1. The number of aliphatic hydroxyl groups is 1. The first kappa shape index (κ1) is 25.3. The standard InChI is InChI=1S/C20H46O3Si2/c1-16(2)25(17(3)4,18(5)6)23-15-19(14-21)12-13-22-24(10,11)20(7,8)9/h16-19,21H,12-15H2,1-11H3. The molecule has 5 heteroatoms. The highest BCUT2D eigenvalue weighted by Crippen LogP contribution is 2.42. The van der Waals surface area contributed by atoms with Crippen LogP contribution in [0.4, 0.5) is 0 Å². The molecule has 0 heterocycles. The van der Waals surface area contributed by atoms with Gasteiger partial charge in [0.1, 0.15) is 0 Å². The molecule has 1 atom stereocenters. The van der Waals surface area contributed by atoms with Gasteiger partial charge in [-0.1, -0.05) is 62.3 Å². The minimum absolute atomic E-state index is 0.174. The van der Waals surface area contributed by atoms with E-state index < -0.39 is 16.6 Å². The predicted octanol–water partition coefficient (Wildman–Crippen LogP) is 6.20. The molecule has 0 fully saturated rings. The molecule has 0 radical (unpaired) electrons. The number of aliphatic hydroxyl groups excluding tert-OH is 1. The Morgan fingerprint density at radius 2 is 1.28 bits per heavy atom. The van der Waals surface area contributed by atoms with Crippen LogP contribution in [-0.4, -0.2) is 41.6 Å². The normalized spacial score (nSPS) is 15.5. The van der Waals surface area contributed by atoms with Gasteiger partial charge in [-0.15, -0.1) is 0 Å². The van der Waals surface area contributed by atoms with E-state index in [9.17, 15) is 5.11 Å². The Morgan fingerprint density at radius 3 is 1.60 bits per heavy atom. The first-order valence-electron chi connectivity index (χ1n) is 10.1. The van der Waals surface area contributed by atoms with Crippen LogP contribution in [0.1, 0.15) is 68.7 Å². The van der Waals surface area contributed by atoms with Crippen molar-refractivity contribution in [2.24, 2.45) is 5.92 Å². The van der Waals surface area contributed by atoms with Crippen LogP contribution in [0.3, 0.4) is 0 Å². The monoisotopic (exact) mass is 390 g/mol. The van der Waals surface area contributed by atoms with Gasteiger partial charge in [-0.3, -0.25) is 0 Å². The van der Waals surface area contributed by atoms with Gasteiger partial charge >= 0.3 is 0 Å². The van der Waals surface area contributed by atoms with Crippen LogP contribution in [0.25, 0.3) is 0 Å². The zero-order valence-electron chi connectivity index (χ0n) is 18.9. The lowest BCUT2D eigenvalue weighted by Gasteiger charge is -2.43. The molecule has 0 bridgehead atoms. The lowest BCUT2D eigenvalue weighted by Crippen LogP contribution is -2.49. The molecule has 25 heavy (non-hydrogen) atoms. The van der Waals surface area contributed by atoms with Crippen molar-refractivity contribution >= 4 is 16.6 Å². The van der Waals surface area contributed by atoms with Crippen molar-refractivity contribution in [1.29, 1.82) is 0 Å². The molecule has 0 aliphatic carbocycles. The largest absolute Gasteiger partial charge is 0.417 e. The fourth-order valence-corrected chi connectivity index (χ4v) is 10.3. The van der Waals surface area contributed by atoms with Gasteiger partial charge in [0, 0.05) is 25.7 Å². The van der Waals surface area contributed by atoms with E-state index in [1.165, 1.54) is 0 Å². The number of hydrogen-bond acceptors (Lipinski definition) is 3. The Bertz CT molecular complexity index is 352. The van der Waals surface area contributed by atoms with Crippen LogP contribution >= 0.6 is 0 Å². The molecule has 0 rings (SSSR count). The quantitative estimate of drug-likeness (QED) is 0.427. The highest BCUT2D eigenvalue weighted by Gasteiger charge is 2.45. The van der Waals surface area contributed by atoms with E-state index in [-0.39, 0.29) is 17.6 Å². The SMILES string of the molecule is CC(C)[Si](OCC(CO)CCO[Si](C)(C)C(C)(C)C)(C(C)C)C(C)C. The topological polar surface area (TPSA) is 38.7 Å². The lowest BCUT2D eigenvalue weighted by atomic mass is 10.1. The second-order valence-electron chi connectivity index (χ2n) is 10.1. The maximum absolute atomic E-state index is 9.82. The van der Waals surface area contributed by atoms with E-state index in [2.05, 4.69) is 75.4 Å². The average molecular weight is 391 g/mol. The molecule has 0 amide bonds. The molecule has 3 nitrogen and oxygen atoms in total. The third-order valence-electron chi connectivity index (χ3n) is 6.33. The van der Waals surface area contributed by atoms with E-state index in [4.69, 9.17) is 8.85 Å². The Labute approximate surface area is 160 Å². The van der Waals surface area contributed by atoms with Crippen molar-refractivity contribution in [1.82, 2.24) is 0 Å². The molecule has 0 spiro atoms. The van der Waals surface area contributed by atoms with Gasteiger partial charge in [0.15, 0.2) is 16.6 Å². The van der Waals surface area contributed by atoms with Crippen molar-refractivity contribution in [3.8, 4) is 0 Å². The molecule has 1 unspecified atom stereocenters. The van der Waals surface area contributed by atoms with Crippen LogP contribution in [0.15, 0.2) is 0 Å².